The van der Waals surface area contributed by atoms with Crippen LogP contribution in [0.4, 0.5) is 0 Å². The standard InChI is InChI=1S/C28H36N2O3/c1-3-29-16-17-30(27(31)15-14-25-8-6-18-33-25)20-24(28(29)32)19-23-7-4-5-9-26(23)22-12-10-21(2)11-13-22/h4-5,7,9-13,24-25H,3,6,8,14-20H2,1-2H3/t24-,25-/m0/s1. The Kier molecular flexibility index (Phi) is 7.81. The van der Waals surface area contributed by atoms with Crippen molar-refractivity contribution in [3.05, 3.63) is 59.7 Å². The van der Waals surface area contributed by atoms with E-state index in [-0.39, 0.29) is 23.8 Å². The second-order valence-corrected chi connectivity index (χ2v) is 9.36. The third-order valence-electron chi connectivity index (χ3n) is 7.03. The summed E-state index contributed by atoms with van der Waals surface area (Å²) in [4.78, 5) is 30.3. The smallest absolute Gasteiger partial charge is 0.227 e. The first-order valence-corrected chi connectivity index (χ1v) is 12.4. The molecule has 5 heteroatoms. The zero-order chi connectivity index (χ0) is 23.2. The van der Waals surface area contributed by atoms with Crippen molar-refractivity contribution in [2.24, 2.45) is 5.92 Å². The normalized spacial score (nSPS) is 21.3. The molecular formula is C28H36N2O3. The van der Waals surface area contributed by atoms with Crippen molar-refractivity contribution in [3.8, 4) is 11.1 Å². The molecule has 0 spiro atoms. The highest BCUT2D eigenvalue weighted by atomic mass is 16.5. The number of hydrogen-bond donors (Lipinski definition) is 0. The van der Waals surface area contributed by atoms with Gasteiger partial charge in [0.15, 0.2) is 0 Å². The Morgan fingerprint density at radius 1 is 1.09 bits per heavy atom. The number of amides is 2. The molecule has 176 valence electrons. The van der Waals surface area contributed by atoms with E-state index in [0.29, 0.717) is 39.0 Å². The van der Waals surface area contributed by atoms with Crippen molar-refractivity contribution in [1.82, 2.24) is 9.80 Å². The van der Waals surface area contributed by atoms with E-state index >= 15 is 0 Å². The molecule has 33 heavy (non-hydrogen) atoms. The summed E-state index contributed by atoms with van der Waals surface area (Å²) in [5, 5.41) is 0. The lowest BCUT2D eigenvalue weighted by molar-refractivity contribution is -0.135. The van der Waals surface area contributed by atoms with Gasteiger partial charge in [0.25, 0.3) is 0 Å². The first kappa shape index (κ1) is 23.5. The fraction of sp³-hybridized carbons (Fsp3) is 0.500. The molecule has 2 atom stereocenters. The van der Waals surface area contributed by atoms with Gasteiger partial charge < -0.3 is 14.5 Å². The number of ether oxygens (including phenoxy) is 1. The molecule has 0 saturated carbocycles. The minimum atomic E-state index is -0.231. The summed E-state index contributed by atoms with van der Waals surface area (Å²) < 4.78 is 5.70. The van der Waals surface area contributed by atoms with Crippen LogP contribution in [0, 0.1) is 12.8 Å². The largest absolute Gasteiger partial charge is 0.378 e. The molecule has 2 aromatic carbocycles. The summed E-state index contributed by atoms with van der Waals surface area (Å²) in [5.41, 5.74) is 4.71. The average molecular weight is 449 g/mol. The maximum absolute atomic E-state index is 13.4. The molecule has 0 unspecified atom stereocenters. The van der Waals surface area contributed by atoms with Crippen LogP contribution in [-0.2, 0) is 20.7 Å². The zero-order valence-electron chi connectivity index (χ0n) is 20.0. The lowest BCUT2D eigenvalue weighted by atomic mass is 9.91. The SMILES string of the molecule is CCN1CCN(C(=O)CC[C@@H]2CCCO2)C[C@H](Cc2ccccc2-c2ccc(C)cc2)C1=O. The molecule has 2 fully saturated rings. The average Bonchev–Trinajstić information content (AvgIpc) is 3.30. The van der Waals surface area contributed by atoms with Crippen LogP contribution in [0.25, 0.3) is 11.1 Å². The molecule has 0 N–H and O–H groups in total. The Bertz CT molecular complexity index is 950. The van der Waals surface area contributed by atoms with Gasteiger partial charge in [-0.3, -0.25) is 9.59 Å². The molecule has 5 nitrogen and oxygen atoms in total. The molecular weight excluding hydrogens is 412 g/mol. The molecule has 2 heterocycles. The maximum atomic E-state index is 13.4. The number of carbonyl (C=O) groups excluding carboxylic acids is 2. The van der Waals surface area contributed by atoms with Crippen LogP contribution in [0.1, 0.15) is 43.7 Å². The molecule has 0 aliphatic carbocycles. The van der Waals surface area contributed by atoms with Crippen LogP contribution in [0.5, 0.6) is 0 Å². The number of aryl methyl sites for hydroxylation is 1. The van der Waals surface area contributed by atoms with Crippen molar-refractivity contribution in [2.45, 2.75) is 52.1 Å². The highest BCUT2D eigenvalue weighted by Crippen LogP contribution is 2.28. The van der Waals surface area contributed by atoms with Crippen LogP contribution < -0.4 is 0 Å². The predicted molar refractivity (Wildman–Crippen MR) is 131 cm³/mol. The Balaban J connectivity index is 1.51. The number of rotatable bonds is 7. The van der Waals surface area contributed by atoms with Gasteiger partial charge in [-0.1, -0.05) is 54.1 Å². The Labute approximate surface area is 197 Å². The lowest BCUT2D eigenvalue weighted by Crippen LogP contribution is -2.38. The van der Waals surface area contributed by atoms with Crippen LogP contribution >= 0.6 is 0 Å². The van der Waals surface area contributed by atoms with Crippen molar-refractivity contribution < 1.29 is 14.3 Å². The zero-order valence-corrected chi connectivity index (χ0v) is 20.0. The Morgan fingerprint density at radius 3 is 2.61 bits per heavy atom. The van der Waals surface area contributed by atoms with Gasteiger partial charge in [-0.05, 0) is 56.2 Å². The van der Waals surface area contributed by atoms with Crippen LogP contribution in [0.3, 0.4) is 0 Å². The van der Waals surface area contributed by atoms with Crippen LogP contribution in [0.2, 0.25) is 0 Å². The van der Waals surface area contributed by atoms with E-state index in [2.05, 4.69) is 43.3 Å². The summed E-state index contributed by atoms with van der Waals surface area (Å²) in [6, 6.07) is 16.9. The maximum Gasteiger partial charge on any atom is 0.227 e. The summed E-state index contributed by atoms with van der Waals surface area (Å²) in [5.74, 6) is 0.0736. The van der Waals surface area contributed by atoms with Gasteiger partial charge in [0, 0.05) is 39.2 Å². The molecule has 2 aliphatic heterocycles. The molecule has 0 bridgehead atoms. The first-order chi connectivity index (χ1) is 16.0. The van der Waals surface area contributed by atoms with E-state index in [0.717, 1.165) is 42.6 Å². The number of carbonyl (C=O) groups is 2. The number of benzene rings is 2. The summed E-state index contributed by atoms with van der Waals surface area (Å²) in [6.07, 6.45) is 4.26. The van der Waals surface area contributed by atoms with Crippen LogP contribution in [-0.4, -0.2) is 60.5 Å². The molecule has 2 aromatic rings. The van der Waals surface area contributed by atoms with E-state index in [1.54, 1.807) is 0 Å². The number of hydrogen-bond acceptors (Lipinski definition) is 3. The second-order valence-electron chi connectivity index (χ2n) is 9.36. The van der Waals surface area contributed by atoms with E-state index in [1.165, 1.54) is 5.56 Å². The Hall–Kier alpha value is -2.66. The fourth-order valence-electron chi connectivity index (χ4n) is 5.03. The highest BCUT2D eigenvalue weighted by molar-refractivity contribution is 5.83. The van der Waals surface area contributed by atoms with Gasteiger partial charge in [-0.25, -0.2) is 0 Å². The van der Waals surface area contributed by atoms with E-state index in [9.17, 15) is 9.59 Å². The molecule has 0 aromatic heterocycles. The molecule has 2 amide bonds. The number of likely N-dealkylation sites (N-methyl/N-ethyl adjacent to an activating group) is 1. The molecule has 2 aliphatic rings. The second kappa shape index (κ2) is 11.0. The van der Waals surface area contributed by atoms with Crippen molar-refractivity contribution in [1.29, 1.82) is 0 Å². The highest BCUT2D eigenvalue weighted by Gasteiger charge is 2.32. The molecule has 0 radical (unpaired) electrons. The quantitative estimate of drug-likeness (QED) is 0.628. The van der Waals surface area contributed by atoms with Gasteiger partial charge in [-0.15, -0.1) is 0 Å². The van der Waals surface area contributed by atoms with E-state index < -0.39 is 0 Å². The minimum Gasteiger partial charge on any atom is -0.378 e. The minimum absolute atomic E-state index is 0.146. The van der Waals surface area contributed by atoms with Crippen molar-refractivity contribution >= 4 is 11.8 Å². The monoisotopic (exact) mass is 448 g/mol. The van der Waals surface area contributed by atoms with Gasteiger partial charge >= 0.3 is 0 Å². The molecule has 2 saturated heterocycles. The van der Waals surface area contributed by atoms with E-state index in [1.807, 2.05) is 28.9 Å². The summed E-state index contributed by atoms with van der Waals surface area (Å²) >= 11 is 0. The first-order valence-electron chi connectivity index (χ1n) is 12.4. The number of nitrogens with zero attached hydrogens (tertiary/aromatic N) is 2. The predicted octanol–water partition coefficient (Wildman–Crippen LogP) is 4.47. The van der Waals surface area contributed by atoms with Crippen molar-refractivity contribution in [3.63, 3.8) is 0 Å². The van der Waals surface area contributed by atoms with Gasteiger partial charge in [0.2, 0.25) is 11.8 Å². The Morgan fingerprint density at radius 2 is 1.88 bits per heavy atom. The topological polar surface area (TPSA) is 49.9 Å². The fourth-order valence-corrected chi connectivity index (χ4v) is 5.03. The lowest BCUT2D eigenvalue weighted by Gasteiger charge is -2.25. The van der Waals surface area contributed by atoms with Crippen molar-refractivity contribution in [2.75, 3.05) is 32.8 Å². The van der Waals surface area contributed by atoms with E-state index in [4.69, 9.17) is 4.74 Å². The summed E-state index contributed by atoms with van der Waals surface area (Å²) in [7, 11) is 0. The van der Waals surface area contributed by atoms with Crippen LogP contribution in [0.15, 0.2) is 48.5 Å². The summed E-state index contributed by atoms with van der Waals surface area (Å²) in [6.45, 7) is 7.30. The van der Waals surface area contributed by atoms with Gasteiger partial charge in [0.05, 0.1) is 12.0 Å². The van der Waals surface area contributed by atoms with Gasteiger partial charge in [-0.2, -0.15) is 0 Å². The van der Waals surface area contributed by atoms with Gasteiger partial charge in [0.1, 0.15) is 0 Å². The third kappa shape index (κ3) is 5.83. The molecule has 4 rings (SSSR count). The third-order valence-corrected chi connectivity index (χ3v) is 7.03.